The number of carbonyl (C=O) groups excluding carboxylic acids is 1. The molecule has 0 saturated carbocycles. The summed E-state index contributed by atoms with van der Waals surface area (Å²) in [5, 5.41) is 13.3. The third-order valence-corrected chi connectivity index (χ3v) is 5.37. The fourth-order valence-electron chi connectivity index (χ4n) is 3.29. The second-order valence-corrected chi connectivity index (χ2v) is 7.63. The van der Waals surface area contributed by atoms with Crippen LogP contribution in [0.3, 0.4) is 0 Å². The number of aromatic nitrogens is 2. The molecule has 1 aromatic carbocycles. The average molecular weight is 449 g/mol. The van der Waals surface area contributed by atoms with Crippen molar-refractivity contribution in [2.24, 2.45) is 0 Å². The normalized spacial score (nSPS) is 13.2. The Kier molecular flexibility index (Phi) is 7.57. The molecule has 0 fully saturated rings. The monoisotopic (exact) mass is 448 g/mol. The summed E-state index contributed by atoms with van der Waals surface area (Å²) < 4.78 is 16.4. The van der Waals surface area contributed by atoms with Gasteiger partial charge < -0.3 is 24.5 Å². The number of amides is 1. The maximum atomic E-state index is 12.8. The fraction of sp³-hybridized carbons (Fsp3) is 0.320. The Hall–Kier alpha value is -3.99. The second kappa shape index (κ2) is 10.6. The predicted octanol–water partition coefficient (Wildman–Crippen LogP) is 4.54. The van der Waals surface area contributed by atoms with Crippen molar-refractivity contribution in [3.8, 4) is 23.3 Å². The number of rotatable bonds is 9. The number of fused-ring (bicyclic) bond motifs is 1. The molecular weight excluding hydrogens is 420 g/mol. The van der Waals surface area contributed by atoms with E-state index in [1.54, 1.807) is 44.8 Å². The lowest BCUT2D eigenvalue weighted by molar-refractivity contribution is -0.117. The number of nitriles is 1. The SMILES string of the molecule is CCC(C)Oc1cnc2[nH]cc(/C=C(\C#N)C(=O)N[C@H](C)c3ccc(OC)c(OC)c3)c2c1. The number of carbonyl (C=O) groups is 1. The van der Waals surface area contributed by atoms with Crippen molar-refractivity contribution in [1.29, 1.82) is 5.26 Å². The van der Waals surface area contributed by atoms with E-state index in [1.165, 1.54) is 0 Å². The van der Waals surface area contributed by atoms with E-state index in [1.807, 2.05) is 39.0 Å². The van der Waals surface area contributed by atoms with Crippen molar-refractivity contribution in [3.63, 3.8) is 0 Å². The number of aromatic amines is 1. The molecule has 0 saturated heterocycles. The molecule has 0 bridgehead atoms. The highest BCUT2D eigenvalue weighted by molar-refractivity contribution is 6.03. The largest absolute Gasteiger partial charge is 0.493 e. The molecule has 2 aromatic heterocycles. The minimum absolute atomic E-state index is 0.0172. The fourth-order valence-corrected chi connectivity index (χ4v) is 3.29. The number of hydrogen-bond acceptors (Lipinski definition) is 6. The molecule has 1 amide bonds. The molecule has 2 heterocycles. The molecule has 8 heteroatoms. The minimum Gasteiger partial charge on any atom is -0.493 e. The van der Waals surface area contributed by atoms with Crippen LogP contribution in [0.1, 0.15) is 44.4 Å². The van der Waals surface area contributed by atoms with Gasteiger partial charge in [-0.2, -0.15) is 5.26 Å². The summed E-state index contributed by atoms with van der Waals surface area (Å²) in [7, 11) is 3.11. The predicted molar refractivity (Wildman–Crippen MR) is 126 cm³/mol. The molecular formula is C25H28N4O4. The van der Waals surface area contributed by atoms with Gasteiger partial charge in [-0.25, -0.2) is 4.98 Å². The van der Waals surface area contributed by atoms with Crippen LogP contribution in [0.2, 0.25) is 0 Å². The molecule has 0 aliphatic carbocycles. The number of methoxy groups -OCH3 is 2. The molecule has 2 atom stereocenters. The van der Waals surface area contributed by atoms with Crippen LogP contribution in [-0.2, 0) is 4.79 Å². The number of nitrogens with zero attached hydrogens (tertiary/aromatic N) is 2. The van der Waals surface area contributed by atoms with E-state index in [9.17, 15) is 10.1 Å². The number of benzene rings is 1. The zero-order valence-electron chi connectivity index (χ0n) is 19.4. The Morgan fingerprint density at radius 2 is 2.00 bits per heavy atom. The average Bonchev–Trinajstić information content (AvgIpc) is 3.23. The van der Waals surface area contributed by atoms with Crippen molar-refractivity contribution in [3.05, 3.63) is 53.4 Å². The zero-order chi connectivity index (χ0) is 24.0. The smallest absolute Gasteiger partial charge is 0.262 e. The van der Waals surface area contributed by atoms with Gasteiger partial charge in [-0.1, -0.05) is 13.0 Å². The summed E-state index contributed by atoms with van der Waals surface area (Å²) >= 11 is 0. The van der Waals surface area contributed by atoms with Gasteiger partial charge in [0.15, 0.2) is 11.5 Å². The van der Waals surface area contributed by atoms with Gasteiger partial charge in [-0.05, 0) is 50.1 Å². The van der Waals surface area contributed by atoms with Gasteiger partial charge in [0, 0.05) is 17.1 Å². The summed E-state index contributed by atoms with van der Waals surface area (Å²) in [6.07, 6.45) is 5.84. The van der Waals surface area contributed by atoms with E-state index in [2.05, 4.69) is 15.3 Å². The van der Waals surface area contributed by atoms with Crippen LogP contribution in [0, 0.1) is 11.3 Å². The van der Waals surface area contributed by atoms with E-state index in [0.717, 1.165) is 17.4 Å². The van der Waals surface area contributed by atoms with Crippen LogP contribution in [0.15, 0.2) is 42.2 Å². The number of pyridine rings is 1. The number of nitrogens with one attached hydrogen (secondary N) is 2. The van der Waals surface area contributed by atoms with Gasteiger partial charge in [0.1, 0.15) is 23.0 Å². The van der Waals surface area contributed by atoms with E-state index in [-0.39, 0.29) is 17.7 Å². The first-order valence-corrected chi connectivity index (χ1v) is 10.7. The van der Waals surface area contributed by atoms with Crippen molar-refractivity contribution < 1.29 is 19.0 Å². The van der Waals surface area contributed by atoms with Crippen molar-refractivity contribution in [1.82, 2.24) is 15.3 Å². The summed E-state index contributed by atoms with van der Waals surface area (Å²) in [6, 6.07) is 8.91. The van der Waals surface area contributed by atoms with Gasteiger partial charge in [0.25, 0.3) is 5.91 Å². The Morgan fingerprint density at radius 3 is 2.67 bits per heavy atom. The lowest BCUT2D eigenvalue weighted by atomic mass is 10.1. The molecule has 3 rings (SSSR count). The Morgan fingerprint density at radius 1 is 1.24 bits per heavy atom. The third-order valence-electron chi connectivity index (χ3n) is 5.37. The summed E-state index contributed by atoms with van der Waals surface area (Å²) in [5.74, 6) is 1.32. The Balaban J connectivity index is 1.83. The molecule has 0 spiro atoms. The molecule has 0 aliphatic rings. The quantitative estimate of drug-likeness (QED) is 0.367. The molecule has 0 aliphatic heterocycles. The molecule has 2 N–H and O–H groups in total. The molecule has 172 valence electrons. The number of H-pyrrole nitrogens is 1. The van der Waals surface area contributed by atoms with Crippen LogP contribution in [0.5, 0.6) is 17.2 Å². The zero-order valence-corrected chi connectivity index (χ0v) is 19.4. The van der Waals surface area contributed by atoms with Crippen LogP contribution < -0.4 is 19.5 Å². The highest BCUT2D eigenvalue weighted by atomic mass is 16.5. The number of ether oxygens (including phenoxy) is 3. The van der Waals surface area contributed by atoms with Gasteiger partial charge in [-0.15, -0.1) is 0 Å². The molecule has 33 heavy (non-hydrogen) atoms. The van der Waals surface area contributed by atoms with Crippen LogP contribution in [0.4, 0.5) is 0 Å². The van der Waals surface area contributed by atoms with Gasteiger partial charge in [0.05, 0.1) is 32.6 Å². The highest BCUT2D eigenvalue weighted by Crippen LogP contribution is 2.30. The van der Waals surface area contributed by atoms with E-state index < -0.39 is 5.91 Å². The summed E-state index contributed by atoms with van der Waals surface area (Å²) in [5.41, 5.74) is 2.13. The lowest BCUT2D eigenvalue weighted by Crippen LogP contribution is -2.27. The molecule has 0 radical (unpaired) electrons. The number of hydrogen-bond donors (Lipinski definition) is 2. The van der Waals surface area contributed by atoms with Crippen molar-refractivity contribution >= 4 is 23.0 Å². The van der Waals surface area contributed by atoms with Gasteiger partial charge in [-0.3, -0.25) is 4.79 Å². The lowest BCUT2D eigenvalue weighted by Gasteiger charge is -2.16. The second-order valence-electron chi connectivity index (χ2n) is 7.63. The molecule has 1 unspecified atom stereocenters. The first-order chi connectivity index (χ1) is 15.9. The minimum atomic E-state index is -0.478. The summed E-state index contributed by atoms with van der Waals surface area (Å²) in [6.45, 7) is 5.87. The van der Waals surface area contributed by atoms with Crippen LogP contribution >= 0.6 is 0 Å². The highest BCUT2D eigenvalue weighted by Gasteiger charge is 2.17. The standard InChI is InChI=1S/C25H28N4O4/c1-6-15(2)33-20-11-21-19(13-27-24(21)28-14-20)9-18(12-26)25(30)29-16(3)17-7-8-22(31-4)23(10-17)32-5/h7-11,13-16H,6H2,1-5H3,(H,27,28)(H,29,30)/b18-9+/t15?,16-/m1/s1. The molecule has 3 aromatic rings. The van der Waals surface area contributed by atoms with Crippen LogP contribution in [0.25, 0.3) is 17.1 Å². The van der Waals surface area contributed by atoms with E-state index in [4.69, 9.17) is 14.2 Å². The van der Waals surface area contributed by atoms with Crippen LogP contribution in [-0.4, -0.2) is 36.2 Å². The van der Waals surface area contributed by atoms with Gasteiger partial charge >= 0.3 is 0 Å². The van der Waals surface area contributed by atoms with Gasteiger partial charge in [0.2, 0.25) is 0 Å². The van der Waals surface area contributed by atoms with Crippen molar-refractivity contribution in [2.75, 3.05) is 14.2 Å². The maximum Gasteiger partial charge on any atom is 0.262 e. The maximum absolute atomic E-state index is 12.8. The Bertz CT molecular complexity index is 1210. The Labute approximate surface area is 193 Å². The van der Waals surface area contributed by atoms with Crippen molar-refractivity contribution in [2.45, 2.75) is 39.3 Å². The first kappa shape index (κ1) is 23.7. The van der Waals surface area contributed by atoms with E-state index >= 15 is 0 Å². The topological polar surface area (TPSA) is 109 Å². The first-order valence-electron chi connectivity index (χ1n) is 10.7. The van der Waals surface area contributed by atoms with E-state index in [0.29, 0.717) is 28.5 Å². The third kappa shape index (κ3) is 5.44. The summed E-state index contributed by atoms with van der Waals surface area (Å²) in [4.78, 5) is 20.3. The molecule has 8 nitrogen and oxygen atoms in total.